The number of aromatic nitrogens is 2. The van der Waals surface area contributed by atoms with Crippen LogP contribution in [0.5, 0.6) is 0 Å². The number of hydrogen-bond acceptors (Lipinski definition) is 3. The molecule has 0 radical (unpaired) electrons. The molecule has 0 spiro atoms. The van der Waals surface area contributed by atoms with Crippen LogP contribution in [0.4, 0.5) is 0 Å². The quantitative estimate of drug-likeness (QED) is 0.738. The first-order valence-electron chi connectivity index (χ1n) is 5.13. The fourth-order valence-electron chi connectivity index (χ4n) is 2.12. The lowest BCUT2D eigenvalue weighted by Gasteiger charge is -2.14. The van der Waals surface area contributed by atoms with Gasteiger partial charge >= 0.3 is 0 Å². The Morgan fingerprint density at radius 3 is 2.87 bits per heavy atom. The lowest BCUT2D eigenvalue weighted by atomic mass is 10.2. The van der Waals surface area contributed by atoms with E-state index in [0.29, 0.717) is 11.3 Å². The van der Waals surface area contributed by atoms with E-state index in [1.807, 2.05) is 0 Å². The van der Waals surface area contributed by atoms with Crippen LogP contribution in [-0.2, 0) is 0 Å². The van der Waals surface area contributed by atoms with Crippen LogP contribution >= 0.6 is 0 Å². The van der Waals surface area contributed by atoms with Gasteiger partial charge in [0.15, 0.2) is 0 Å². The average Bonchev–Trinajstić information content (AvgIpc) is 2.71. The molecule has 2 atom stereocenters. The van der Waals surface area contributed by atoms with Crippen LogP contribution in [0.25, 0.3) is 0 Å². The minimum atomic E-state index is -0.466. The van der Waals surface area contributed by atoms with E-state index in [4.69, 9.17) is 5.73 Å². The second-order valence-electron chi connectivity index (χ2n) is 4.04. The first-order valence-corrected chi connectivity index (χ1v) is 5.13. The first-order chi connectivity index (χ1) is 7.09. The highest BCUT2D eigenvalue weighted by Crippen LogP contribution is 2.29. The smallest absolute Gasteiger partial charge is 0.252 e. The van der Waals surface area contributed by atoms with Gasteiger partial charge in [-0.1, -0.05) is 0 Å². The molecule has 1 aliphatic carbocycles. The second kappa shape index (κ2) is 3.66. The number of nitrogens with zero attached hydrogens (tertiary/aromatic N) is 2. The van der Waals surface area contributed by atoms with Crippen LogP contribution < -0.4 is 5.73 Å². The van der Waals surface area contributed by atoms with Crippen molar-refractivity contribution in [2.45, 2.75) is 38.3 Å². The topological polar surface area (TPSA) is 81.1 Å². The molecular formula is C10H15N3O2. The summed E-state index contributed by atoms with van der Waals surface area (Å²) < 4.78 is 1.67. The molecule has 5 nitrogen and oxygen atoms in total. The van der Waals surface area contributed by atoms with Crippen LogP contribution in [0, 0.1) is 6.92 Å². The minimum absolute atomic E-state index is 0.00296. The molecule has 0 bridgehead atoms. The molecule has 0 saturated heterocycles. The van der Waals surface area contributed by atoms with Crippen molar-refractivity contribution in [2.75, 3.05) is 0 Å². The van der Waals surface area contributed by atoms with E-state index in [2.05, 4.69) is 5.10 Å². The molecule has 2 unspecified atom stereocenters. The second-order valence-corrected chi connectivity index (χ2v) is 4.04. The number of nitrogens with two attached hydrogens (primary N) is 1. The summed E-state index contributed by atoms with van der Waals surface area (Å²) >= 11 is 0. The fraction of sp³-hybridized carbons (Fsp3) is 0.600. The molecule has 82 valence electrons. The number of carbonyl (C=O) groups excluding carboxylic acids is 1. The zero-order valence-corrected chi connectivity index (χ0v) is 8.68. The largest absolute Gasteiger partial charge is 0.391 e. The molecule has 1 aromatic heterocycles. The standard InChI is InChI=1S/C10H15N3O2/c1-6-7(10(11)15)5-13(12-6)8-3-2-4-9(8)14/h5,8-9,14H,2-4H2,1H3,(H2,11,15). The van der Waals surface area contributed by atoms with Crippen molar-refractivity contribution < 1.29 is 9.90 Å². The van der Waals surface area contributed by atoms with Gasteiger partial charge in [-0.2, -0.15) is 5.10 Å². The molecule has 0 aliphatic heterocycles. The third kappa shape index (κ3) is 1.74. The van der Waals surface area contributed by atoms with Gasteiger partial charge < -0.3 is 10.8 Å². The zero-order chi connectivity index (χ0) is 11.0. The zero-order valence-electron chi connectivity index (χ0n) is 8.68. The van der Waals surface area contributed by atoms with E-state index >= 15 is 0 Å². The van der Waals surface area contributed by atoms with Crippen LogP contribution in [0.1, 0.15) is 41.4 Å². The third-order valence-corrected chi connectivity index (χ3v) is 2.97. The molecule has 1 aromatic rings. The lowest BCUT2D eigenvalue weighted by Crippen LogP contribution is -2.18. The Morgan fingerprint density at radius 2 is 2.40 bits per heavy atom. The number of aryl methyl sites for hydroxylation is 1. The van der Waals surface area contributed by atoms with Crippen molar-refractivity contribution in [3.05, 3.63) is 17.5 Å². The predicted molar refractivity (Wildman–Crippen MR) is 54.4 cm³/mol. The number of primary amides is 1. The SMILES string of the molecule is Cc1nn(C2CCCC2O)cc1C(N)=O. The van der Waals surface area contributed by atoms with Gasteiger partial charge in [0.1, 0.15) is 0 Å². The van der Waals surface area contributed by atoms with E-state index in [0.717, 1.165) is 19.3 Å². The van der Waals surface area contributed by atoms with Crippen molar-refractivity contribution in [3.8, 4) is 0 Å². The molecule has 2 rings (SSSR count). The molecular weight excluding hydrogens is 194 g/mol. The normalized spacial score (nSPS) is 25.7. The van der Waals surface area contributed by atoms with E-state index in [-0.39, 0.29) is 12.1 Å². The fourth-order valence-corrected chi connectivity index (χ4v) is 2.12. The van der Waals surface area contributed by atoms with Crippen LogP contribution in [0.2, 0.25) is 0 Å². The highest BCUT2D eigenvalue weighted by Gasteiger charge is 2.28. The van der Waals surface area contributed by atoms with Gasteiger partial charge in [-0.15, -0.1) is 0 Å². The molecule has 15 heavy (non-hydrogen) atoms. The molecule has 1 heterocycles. The number of hydrogen-bond donors (Lipinski definition) is 2. The maximum Gasteiger partial charge on any atom is 0.252 e. The Hall–Kier alpha value is -1.36. The number of rotatable bonds is 2. The Bertz CT molecular complexity index is 386. The van der Waals surface area contributed by atoms with Crippen molar-refractivity contribution in [2.24, 2.45) is 5.73 Å². The van der Waals surface area contributed by atoms with Crippen LogP contribution in [0.15, 0.2) is 6.20 Å². The first kappa shape index (κ1) is 10.2. The van der Waals surface area contributed by atoms with Gasteiger partial charge in [0, 0.05) is 6.20 Å². The number of amides is 1. The molecule has 1 aliphatic rings. The summed E-state index contributed by atoms with van der Waals surface area (Å²) in [5.74, 6) is -0.466. The van der Waals surface area contributed by atoms with E-state index in [1.54, 1.807) is 17.8 Å². The summed E-state index contributed by atoms with van der Waals surface area (Å²) in [6.07, 6.45) is 3.98. The summed E-state index contributed by atoms with van der Waals surface area (Å²) in [7, 11) is 0. The lowest BCUT2D eigenvalue weighted by molar-refractivity contribution is 0.0998. The predicted octanol–water partition coefficient (Wildman–Crippen LogP) is 0.376. The third-order valence-electron chi connectivity index (χ3n) is 2.97. The molecule has 3 N–H and O–H groups in total. The van der Waals surface area contributed by atoms with Gasteiger partial charge in [-0.25, -0.2) is 0 Å². The Labute approximate surface area is 87.9 Å². The van der Waals surface area contributed by atoms with Gasteiger partial charge in [-0.05, 0) is 26.2 Å². The molecule has 1 amide bonds. The summed E-state index contributed by atoms with van der Waals surface area (Å²) in [4.78, 5) is 11.0. The minimum Gasteiger partial charge on any atom is -0.391 e. The van der Waals surface area contributed by atoms with Gasteiger partial charge in [0.25, 0.3) is 5.91 Å². The molecule has 1 saturated carbocycles. The Kier molecular flexibility index (Phi) is 2.48. The molecule has 5 heteroatoms. The van der Waals surface area contributed by atoms with Crippen molar-refractivity contribution in [3.63, 3.8) is 0 Å². The number of aliphatic hydroxyl groups excluding tert-OH is 1. The monoisotopic (exact) mass is 209 g/mol. The van der Waals surface area contributed by atoms with Crippen molar-refractivity contribution in [1.29, 1.82) is 0 Å². The van der Waals surface area contributed by atoms with Gasteiger partial charge in [0.2, 0.25) is 0 Å². The molecule has 1 fully saturated rings. The van der Waals surface area contributed by atoms with Crippen molar-refractivity contribution in [1.82, 2.24) is 9.78 Å². The highest BCUT2D eigenvalue weighted by molar-refractivity contribution is 5.93. The summed E-state index contributed by atoms with van der Waals surface area (Å²) in [6, 6.07) is -0.00296. The van der Waals surface area contributed by atoms with Gasteiger partial charge in [-0.3, -0.25) is 9.48 Å². The summed E-state index contributed by atoms with van der Waals surface area (Å²) in [6.45, 7) is 1.75. The maximum atomic E-state index is 11.0. The Balaban J connectivity index is 2.29. The van der Waals surface area contributed by atoms with E-state index < -0.39 is 5.91 Å². The average molecular weight is 209 g/mol. The highest BCUT2D eigenvalue weighted by atomic mass is 16.3. The summed E-state index contributed by atoms with van der Waals surface area (Å²) in [5, 5.41) is 13.9. The summed E-state index contributed by atoms with van der Waals surface area (Å²) in [5.41, 5.74) is 6.27. The Morgan fingerprint density at radius 1 is 1.67 bits per heavy atom. The van der Waals surface area contributed by atoms with Crippen molar-refractivity contribution >= 4 is 5.91 Å². The van der Waals surface area contributed by atoms with E-state index in [9.17, 15) is 9.90 Å². The van der Waals surface area contributed by atoms with E-state index in [1.165, 1.54) is 0 Å². The number of aliphatic hydroxyl groups is 1. The molecule has 0 aromatic carbocycles. The van der Waals surface area contributed by atoms with Gasteiger partial charge in [0.05, 0.1) is 23.4 Å². The van der Waals surface area contributed by atoms with Crippen LogP contribution in [0.3, 0.4) is 0 Å². The maximum absolute atomic E-state index is 11.0. The van der Waals surface area contributed by atoms with Crippen LogP contribution in [-0.4, -0.2) is 26.9 Å². The number of carbonyl (C=O) groups is 1.